The van der Waals surface area contributed by atoms with Crippen molar-refractivity contribution in [2.45, 2.75) is 43.4 Å². The van der Waals surface area contributed by atoms with Crippen LogP contribution in [-0.4, -0.2) is 80.3 Å². The Morgan fingerprint density at radius 1 is 1.06 bits per heavy atom. The zero-order chi connectivity index (χ0) is 23.6. The molecule has 0 atom stereocenters. The molecule has 3 fully saturated rings. The molecular formula is C22H23F4N7O. The van der Waals surface area contributed by atoms with E-state index in [2.05, 4.69) is 30.2 Å². The van der Waals surface area contributed by atoms with Gasteiger partial charge >= 0.3 is 6.18 Å². The van der Waals surface area contributed by atoms with E-state index in [1.54, 1.807) is 12.3 Å². The predicted octanol–water partition coefficient (Wildman–Crippen LogP) is 2.61. The van der Waals surface area contributed by atoms with Gasteiger partial charge in [0.1, 0.15) is 12.0 Å². The maximum atomic E-state index is 13.3. The first-order chi connectivity index (χ1) is 16.2. The number of hydrogen-bond donors (Lipinski definition) is 2. The lowest BCUT2D eigenvalue weighted by Gasteiger charge is -2.50. The van der Waals surface area contributed by atoms with Gasteiger partial charge < -0.3 is 15.3 Å². The molecule has 0 bridgehead atoms. The van der Waals surface area contributed by atoms with Crippen LogP contribution in [0.2, 0.25) is 0 Å². The number of fused-ring (bicyclic) bond motifs is 1. The minimum Gasteiger partial charge on any atom is -0.393 e. The average molecular weight is 477 g/mol. The Kier molecular flexibility index (Phi) is 4.92. The Hall–Kier alpha value is -2.99. The zero-order valence-electron chi connectivity index (χ0n) is 18.1. The van der Waals surface area contributed by atoms with Crippen LogP contribution in [0.25, 0.3) is 16.7 Å². The second-order valence-electron chi connectivity index (χ2n) is 9.29. The second kappa shape index (κ2) is 7.77. The lowest BCUT2D eigenvalue weighted by molar-refractivity contribution is -0.137. The summed E-state index contributed by atoms with van der Waals surface area (Å²) < 4.78 is 54.4. The molecule has 1 saturated carbocycles. The number of aliphatic hydroxyl groups is 1. The highest BCUT2D eigenvalue weighted by atomic mass is 19.4. The molecule has 0 radical (unpaired) electrons. The summed E-state index contributed by atoms with van der Waals surface area (Å²) in [4.78, 5) is 13.4. The minimum absolute atomic E-state index is 0.0249. The summed E-state index contributed by atoms with van der Waals surface area (Å²) >= 11 is 0. The standard InChI is InChI=1S/C22H23F4N7O/c23-13-8-31(9-13)16-10-32(11-16)19-18-7-27-33(15-3-1-2-12(4-15)22(24,25)26)20(18)30-21(29-19)28-14-5-17(34)6-14/h1-4,7,13-14,16-17,34H,5-6,8-11H2,(H,28,29,30)/t14-,17+. The first-order valence-corrected chi connectivity index (χ1v) is 11.3. The predicted molar refractivity (Wildman–Crippen MR) is 117 cm³/mol. The van der Waals surface area contributed by atoms with Crippen LogP contribution in [0, 0.1) is 0 Å². The van der Waals surface area contributed by atoms with Gasteiger partial charge in [-0.25, -0.2) is 9.07 Å². The Labute approximate surface area is 192 Å². The summed E-state index contributed by atoms with van der Waals surface area (Å²) in [7, 11) is 0. The molecule has 6 rings (SSSR count). The van der Waals surface area contributed by atoms with Gasteiger partial charge in [0, 0.05) is 38.3 Å². The van der Waals surface area contributed by atoms with Gasteiger partial charge in [-0.2, -0.15) is 28.2 Å². The molecule has 8 nitrogen and oxygen atoms in total. The number of aliphatic hydroxyl groups excluding tert-OH is 1. The zero-order valence-corrected chi connectivity index (χ0v) is 18.1. The van der Waals surface area contributed by atoms with Crippen molar-refractivity contribution in [3.63, 3.8) is 0 Å². The molecule has 180 valence electrons. The smallest absolute Gasteiger partial charge is 0.393 e. The number of nitrogens with one attached hydrogen (secondary N) is 1. The molecule has 3 aliphatic rings. The Balaban J connectivity index is 1.35. The molecule has 34 heavy (non-hydrogen) atoms. The molecular weight excluding hydrogens is 454 g/mol. The summed E-state index contributed by atoms with van der Waals surface area (Å²) in [6, 6.07) is 5.22. The van der Waals surface area contributed by atoms with Crippen LogP contribution in [0.3, 0.4) is 0 Å². The number of alkyl halides is 4. The molecule has 1 aliphatic carbocycles. The van der Waals surface area contributed by atoms with Crippen molar-refractivity contribution < 1.29 is 22.7 Å². The van der Waals surface area contributed by atoms with E-state index >= 15 is 0 Å². The van der Waals surface area contributed by atoms with Crippen molar-refractivity contribution in [3.8, 4) is 5.69 Å². The highest BCUT2D eigenvalue weighted by Gasteiger charge is 2.40. The van der Waals surface area contributed by atoms with E-state index in [1.165, 1.54) is 10.7 Å². The lowest BCUT2D eigenvalue weighted by Crippen LogP contribution is -2.66. The van der Waals surface area contributed by atoms with Gasteiger partial charge in [0.05, 0.1) is 28.9 Å². The number of benzene rings is 1. The Bertz CT molecular complexity index is 1210. The Morgan fingerprint density at radius 2 is 1.82 bits per heavy atom. The van der Waals surface area contributed by atoms with E-state index in [9.17, 15) is 22.7 Å². The largest absolute Gasteiger partial charge is 0.416 e. The minimum atomic E-state index is -4.47. The SMILES string of the molecule is O[C@H]1C[C@@H](Nc2nc(N3CC(N4CC(F)C4)C3)c3cnn(-c4cccc(C(F)(F)F)c4)c3n2)C1. The molecule has 0 unspecified atom stereocenters. The summed E-state index contributed by atoms with van der Waals surface area (Å²) in [6.45, 7) is 2.24. The number of likely N-dealkylation sites (tertiary alicyclic amines) is 1. The first-order valence-electron chi connectivity index (χ1n) is 11.3. The van der Waals surface area contributed by atoms with E-state index in [0.717, 1.165) is 12.1 Å². The van der Waals surface area contributed by atoms with Crippen LogP contribution in [-0.2, 0) is 6.18 Å². The van der Waals surface area contributed by atoms with Gasteiger partial charge in [0.25, 0.3) is 0 Å². The van der Waals surface area contributed by atoms with Crippen LogP contribution in [0.5, 0.6) is 0 Å². The maximum absolute atomic E-state index is 13.3. The van der Waals surface area contributed by atoms with Crippen molar-refractivity contribution in [1.82, 2.24) is 24.6 Å². The fourth-order valence-corrected chi connectivity index (χ4v) is 4.70. The van der Waals surface area contributed by atoms with E-state index in [-0.39, 0.29) is 23.9 Å². The van der Waals surface area contributed by atoms with E-state index < -0.39 is 17.9 Å². The number of anilines is 2. The third-order valence-electron chi connectivity index (χ3n) is 6.82. The molecule has 0 spiro atoms. The number of nitrogens with zero attached hydrogens (tertiary/aromatic N) is 6. The van der Waals surface area contributed by atoms with Crippen molar-refractivity contribution in [3.05, 3.63) is 36.0 Å². The van der Waals surface area contributed by atoms with Crippen molar-refractivity contribution >= 4 is 22.8 Å². The van der Waals surface area contributed by atoms with Gasteiger partial charge in [0.15, 0.2) is 5.65 Å². The first kappa shape index (κ1) is 21.5. The monoisotopic (exact) mass is 477 g/mol. The van der Waals surface area contributed by atoms with Gasteiger partial charge in [-0.3, -0.25) is 4.90 Å². The summed E-state index contributed by atoms with van der Waals surface area (Å²) in [5.41, 5.74) is -0.130. The lowest BCUT2D eigenvalue weighted by atomic mass is 9.90. The third-order valence-corrected chi connectivity index (χ3v) is 6.82. The number of hydrogen-bond acceptors (Lipinski definition) is 7. The highest BCUT2D eigenvalue weighted by molar-refractivity contribution is 5.89. The van der Waals surface area contributed by atoms with Crippen molar-refractivity contribution in [2.24, 2.45) is 0 Å². The van der Waals surface area contributed by atoms with Crippen LogP contribution in [0.4, 0.5) is 29.3 Å². The molecule has 2 N–H and O–H groups in total. The van der Waals surface area contributed by atoms with Crippen molar-refractivity contribution in [1.29, 1.82) is 0 Å². The van der Waals surface area contributed by atoms with Gasteiger partial charge in [-0.1, -0.05) is 6.07 Å². The maximum Gasteiger partial charge on any atom is 0.416 e. The van der Waals surface area contributed by atoms with Crippen LogP contribution < -0.4 is 10.2 Å². The molecule has 12 heteroatoms. The molecule has 4 heterocycles. The number of halogens is 4. The van der Waals surface area contributed by atoms with Gasteiger partial charge in [-0.05, 0) is 31.0 Å². The van der Waals surface area contributed by atoms with Crippen molar-refractivity contribution in [2.75, 3.05) is 36.4 Å². The summed E-state index contributed by atoms with van der Waals surface area (Å²) in [5, 5.41) is 17.8. The summed E-state index contributed by atoms with van der Waals surface area (Å²) in [5.74, 6) is 0.975. The van der Waals surface area contributed by atoms with Crippen LogP contribution in [0.1, 0.15) is 18.4 Å². The quantitative estimate of drug-likeness (QED) is 0.547. The summed E-state index contributed by atoms with van der Waals surface area (Å²) in [6.07, 6.45) is -2.87. The molecule has 2 aliphatic heterocycles. The number of aromatic nitrogens is 4. The second-order valence-corrected chi connectivity index (χ2v) is 9.29. The Morgan fingerprint density at radius 3 is 2.50 bits per heavy atom. The average Bonchev–Trinajstić information content (AvgIpc) is 3.14. The normalized spacial score (nSPS) is 24.1. The number of rotatable bonds is 5. The van der Waals surface area contributed by atoms with Crippen LogP contribution >= 0.6 is 0 Å². The fraction of sp³-hybridized carbons (Fsp3) is 0.500. The topological polar surface area (TPSA) is 82.3 Å². The van der Waals surface area contributed by atoms with E-state index in [1.807, 2.05) is 0 Å². The van der Waals surface area contributed by atoms with E-state index in [4.69, 9.17) is 0 Å². The van der Waals surface area contributed by atoms with Crippen LogP contribution in [0.15, 0.2) is 30.5 Å². The molecule has 1 aromatic carbocycles. The van der Waals surface area contributed by atoms with E-state index in [0.29, 0.717) is 61.8 Å². The molecule has 2 aromatic heterocycles. The third kappa shape index (κ3) is 3.74. The molecule has 3 aromatic rings. The van der Waals surface area contributed by atoms with Gasteiger partial charge in [0.2, 0.25) is 5.95 Å². The highest BCUT2D eigenvalue weighted by Crippen LogP contribution is 2.35. The molecule has 2 saturated heterocycles. The van der Waals surface area contributed by atoms with Gasteiger partial charge in [-0.15, -0.1) is 0 Å². The fourth-order valence-electron chi connectivity index (χ4n) is 4.70. The molecule has 0 amide bonds.